The highest BCUT2D eigenvalue weighted by Crippen LogP contribution is 2.30. The molecule has 0 aliphatic carbocycles. The first-order valence-electron chi connectivity index (χ1n) is 8.05. The lowest BCUT2D eigenvalue weighted by Crippen LogP contribution is -2.25. The Balaban J connectivity index is 2.46. The Morgan fingerprint density at radius 2 is 1.14 bits per heavy atom. The van der Waals surface area contributed by atoms with Gasteiger partial charge in [0.1, 0.15) is 11.5 Å². The molecule has 0 atom stereocenters. The van der Waals surface area contributed by atoms with E-state index in [1.807, 2.05) is 0 Å². The molecule has 0 saturated heterocycles. The number of nitrogens with zero attached hydrogens (tertiary/aromatic N) is 2. The van der Waals surface area contributed by atoms with E-state index in [2.05, 4.69) is 21.1 Å². The van der Waals surface area contributed by atoms with Crippen LogP contribution in [0.5, 0.6) is 11.5 Å². The zero-order valence-electron chi connectivity index (χ0n) is 15.2. The summed E-state index contributed by atoms with van der Waals surface area (Å²) in [6, 6.07) is 10.2. The second kappa shape index (κ2) is 9.11. The largest absolute Gasteiger partial charge is 0.507 e. The Morgan fingerprint density at radius 1 is 0.786 bits per heavy atom. The predicted molar refractivity (Wildman–Crippen MR) is 119 cm³/mol. The van der Waals surface area contributed by atoms with Crippen molar-refractivity contribution in [3.8, 4) is 22.6 Å². The van der Waals surface area contributed by atoms with Gasteiger partial charge in [0.15, 0.2) is 10.2 Å². The average Bonchev–Trinajstić information content (AvgIpc) is 2.65. The maximum absolute atomic E-state index is 10.2. The molecule has 0 saturated carbocycles. The third-order valence-electron chi connectivity index (χ3n) is 3.77. The smallest absolute Gasteiger partial charge is 0.184 e. The van der Waals surface area contributed by atoms with Crippen molar-refractivity contribution in [1.29, 1.82) is 0 Å². The van der Waals surface area contributed by atoms with E-state index in [-0.39, 0.29) is 21.7 Å². The number of rotatable bonds is 5. The van der Waals surface area contributed by atoms with Gasteiger partial charge < -0.3 is 21.7 Å². The van der Waals surface area contributed by atoms with Crippen molar-refractivity contribution < 1.29 is 10.2 Å². The average molecular weight is 417 g/mol. The Bertz CT molecular complexity index is 909. The quantitative estimate of drug-likeness (QED) is 0.246. The van der Waals surface area contributed by atoms with E-state index < -0.39 is 0 Å². The number of phenols is 2. The summed E-state index contributed by atoms with van der Waals surface area (Å²) in [7, 11) is 0. The topological polar surface area (TPSA) is 141 Å². The number of hydrogen-bond acceptors (Lipinski definition) is 6. The van der Waals surface area contributed by atoms with Gasteiger partial charge in [0.25, 0.3) is 0 Å². The molecule has 2 aromatic carbocycles. The van der Waals surface area contributed by atoms with E-state index in [4.69, 9.17) is 35.9 Å². The van der Waals surface area contributed by atoms with Crippen LogP contribution in [-0.2, 0) is 0 Å². The molecule has 0 aliphatic rings. The number of nitrogens with one attached hydrogen (secondary N) is 2. The number of thiocarbonyl (C=S) groups is 2. The number of benzene rings is 2. The Hall–Kier alpha value is -3.24. The van der Waals surface area contributed by atoms with Gasteiger partial charge in [0.2, 0.25) is 0 Å². The Kier molecular flexibility index (Phi) is 6.85. The van der Waals surface area contributed by atoms with Crippen LogP contribution in [0.4, 0.5) is 0 Å². The molecule has 2 aromatic rings. The zero-order valence-corrected chi connectivity index (χ0v) is 16.9. The standard InChI is InChI=1S/C18H20N6O2S2/c1-9(21-23-17(19)27)13-7-11(3-5-15(13)25)12-4-6-16(26)14(8-12)10(2)22-24-18(20)28/h3-8,25-26H,1-2H3,(H3,19,23,27)(H3,20,24,28)/b21-9+,22-10+. The minimum Gasteiger partial charge on any atom is -0.507 e. The van der Waals surface area contributed by atoms with Gasteiger partial charge in [0.05, 0.1) is 11.4 Å². The highest BCUT2D eigenvalue weighted by molar-refractivity contribution is 7.80. The number of hydrazone groups is 2. The summed E-state index contributed by atoms with van der Waals surface area (Å²) < 4.78 is 0. The summed E-state index contributed by atoms with van der Waals surface area (Å²) in [5.74, 6) is 0.124. The van der Waals surface area contributed by atoms with Crippen LogP contribution < -0.4 is 22.3 Å². The highest BCUT2D eigenvalue weighted by atomic mass is 32.1. The molecule has 8 N–H and O–H groups in total. The molecular formula is C18H20N6O2S2. The lowest BCUT2D eigenvalue weighted by Gasteiger charge is -2.11. The van der Waals surface area contributed by atoms with Crippen molar-refractivity contribution in [1.82, 2.24) is 10.9 Å². The molecule has 0 spiro atoms. The minimum atomic E-state index is 0.0264. The minimum absolute atomic E-state index is 0.0264. The number of nitrogens with two attached hydrogens (primary N) is 2. The second-order valence-corrected chi connectivity index (χ2v) is 6.69. The monoisotopic (exact) mass is 416 g/mol. The molecule has 146 valence electrons. The summed E-state index contributed by atoms with van der Waals surface area (Å²) >= 11 is 9.46. The predicted octanol–water partition coefficient (Wildman–Crippen LogP) is 1.88. The SMILES string of the molecule is C/C(=N\NC(N)=S)c1cc(-c2ccc(O)c(/C(C)=N/NC(N)=S)c2)ccc1O. The second-order valence-electron chi connectivity index (χ2n) is 5.81. The molecule has 28 heavy (non-hydrogen) atoms. The lowest BCUT2D eigenvalue weighted by molar-refractivity contribution is 0.473. The fourth-order valence-electron chi connectivity index (χ4n) is 2.41. The van der Waals surface area contributed by atoms with Crippen LogP contribution >= 0.6 is 24.4 Å². The molecule has 0 bridgehead atoms. The van der Waals surface area contributed by atoms with Gasteiger partial charge in [0, 0.05) is 11.1 Å². The molecule has 8 nitrogen and oxygen atoms in total. The molecule has 0 aliphatic heterocycles. The van der Waals surface area contributed by atoms with Crippen molar-refractivity contribution in [2.24, 2.45) is 21.7 Å². The lowest BCUT2D eigenvalue weighted by atomic mass is 9.97. The van der Waals surface area contributed by atoms with Crippen LogP contribution in [0.25, 0.3) is 11.1 Å². The van der Waals surface area contributed by atoms with Crippen LogP contribution in [0.3, 0.4) is 0 Å². The van der Waals surface area contributed by atoms with Crippen LogP contribution in [0.15, 0.2) is 46.6 Å². The normalized spacial score (nSPS) is 11.8. The van der Waals surface area contributed by atoms with Crippen molar-refractivity contribution >= 4 is 46.1 Å². The number of hydrogen-bond donors (Lipinski definition) is 6. The molecule has 2 rings (SSSR count). The fourth-order valence-corrected chi connectivity index (χ4v) is 2.50. The van der Waals surface area contributed by atoms with E-state index in [1.165, 1.54) is 0 Å². The first-order valence-corrected chi connectivity index (χ1v) is 8.87. The molecular weight excluding hydrogens is 396 g/mol. The van der Waals surface area contributed by atoms with Crippen molar-refractivity contribution in [2.45, 2.75) is 13.8 Å². The summed E-state index contributed by atoms with van der Waals surface area (Å²) in [6.07, 6.45) is 0. The van der Waals surface area contributed by atoms with Crippen LogP contribution in [-0.4, -0.2) is 31.9 Å². The fraction of sp³-hybridized carbons (Fsp3) is 0.111. The van der Waals surface area contributed by atoms with Crippen LogP contribution in [0, 0.1) is 0 Å². The van der Waals surface area contributed by atoms with E-state index in [1.54, 1.807) is 50.2 Å². The van der Waals surface area contributed by atoms with E-state index >= 15 is 0 Å². The van der Waals surface area contributed by atoms with Gasteiger partial charge >= 0.3 is 0 Å². The van der Waals surface area contributed by atoms with Crippen LogP contribution in [0.2, 0.25) is 0 Å². The maximum Gasteiger partial charge on any atom is 0.184 e. The molecule has 0 aromatic heterocycles. The van der Waals surface area contributed by atoms with E-state index in [0.717, 1.165) is 11.1 Å². The highest BCUT2D eigenvalue weighted by Gasteiger charge is 2.11. The number of aromatic hydroxyl groups is 2. The summed E-state index contributed by atoms with van der Waals surface area (Å²) in [5, 5.41) is 28.5. The third kappa shape index (κ3) is 5.38. The molecule has 0 amide bonds. The van der Waals surface area contributed by atoms with Gasteiger partial charge in [-0.2, -0.15) is 10.2 Å². The van der Waals surface area contributed by atoms with Gasteiger partial charge in [-0.3, -0.25) is 10.9 Å². The summed E-state index contributed by atoms with van der Waals surface area (Å²) in [5.41, 5.74) is 19.4. The number of phenolic OH excluding ortho intramolecular Hbond substituents is 2. The Labute approximate surface area is 172 Å². The van der Waals surface area contributed by atoms with Crippen molar-refractivity contribution in [3.63, 3.8) is 0 Å². The van der Waals surface area contributed by atoms with Gasteiger partial charge in [-0.15, -0.1) is 0 Å². The molecule has 0 fully saturated rings. The Morgan fingerprint density at radius 3 is 1.46 bits per heavy atom. The zero-order chi connectivity index (χ0) is 20.8. The van der Waals surface area contributed by atoms with Gasteiger partial charge in [-0.05, 0) is 73.7 Å². The van der Waals surface area contributed by atoms with Crippen LogP contribution in [0.1, 0.15) is 25.0 Å². The summed E-state index contributed by atoms with van der Waals surface area (Å²) in [4.78, 5) is 0. The maximum atomic E-state index is 10.2. The molecule has 0 radical (unpaired) electrons. The first kappa shape index (κ1) is 21.1. The van der Waals surface area contributed by atoms with E-state index in [0.29, 0.717) is 22.6 Å². The molecule has 0 heterocycles. The van der Waals surface area contributed by atoms with Gasteiger partial charge in [-0.1, -0.05) is 12.1 Å². The molecule has 0 unspecified atom stereocenters. The van der Waals surface area contributed by atoms with E-state index in [9.17, 15) is 10.2 Å². The van der Waals surface area contributed by atoms with Crippen molar-refractivity contribution in [3.05, 3.63) is 47.5 Å². The molecule has 10 heteroatoms. The van der Waals surface area contributed by atoms with Gasteiger partial charge in [-0.25, -0.2) is 0 Å². The van der Waals surface area contributed by atoms with Crippen molar-refractivity contribution in [2.75, 3.05) is 0 Å². The summed E-state index contributed by atoms with van der Waals surface area (Å²) in [6.45, 7) is 3.43. The first-order chi connectivity index (χ1) is 13.2. The third-order valence-corrected chi connectivity index (χ3v) is 3.96.